The van der Waals surface area contributed by atoms with Crippen molar-refractivity contribution in [2.24, 2.45) is 10.8 Å². The highest BCUT2D eigenvalue weighted by atomic mass is 79.9. The van der Waals surface area contributed by atoms with Crippen molar-refractivity contribution in [1.82, 2.24) is 0 Å². The molecular formula is C14H29Br. The van der Waals surface area contributed by atoms with E-state index in [1.165, 1.54) is 43.9 Å². The average molecular weight is 277 g/mol. The molecule has 0 fully saturated rings. The Kier molecular flexibility index (Phi) is 7.16. The van der Waals surface area contributed by atoms with Crippen molar-refractivity contribution < 1.29 is 0 Å². The zero-order chi connectivity index (χ0) is 11.9. The minimum atomic E-state index is 0.481. The molecule has 0 aromatic carbocycles. The lowest BCUT2D eigenvalue weighted by Crippen LogP contribution is -2.24. The molecule has 1 unspecified atom stereocenters. The van der Waals surface area contributed by atoms with Crippen LogP contribution in [0.1, 0.15) is 73.1 Å². The molecule has 0 nitrogen and oxygen atoms in total. The van der Waals surface area contributed by atoms with E-state index in [0.29, 0.717) is 10.8 Å². The van der Waals surface area contributed by atoms with Crippen LogP contribution in [-0.2, 0) is 0 Å². The van der Waals surface area contributed by atoms with E-state index >= 15 is 0 Å². The van der Waals surface area contributed by atoms with Gasteiger partial charge < -0.3 is 0 Å². The number of rotatable bonds is 7. The van der Waals surface area contributed by atoms with E-state index in [1.54, 1.807) is 0 Å². The second-order valence-corrected chi connectivity index (χ2v) is 6.71. The lowest BCUT2D eigenvalue weighted by atomic mass is 9.74. The summed E-state index contributed by atoms with van der Waals surface area (Å²) in [5, 5.41) is 1.17. The molecule has 0 N–H and O–H groups in total. The Bertz CT molecular complexity index is 151. The number of unbranched alkanes of at least 4 members (excludes halogenated alkanes) is 1. The van der Waals surface area contributed by atoms with E-state index < -0.39 is 0 Å². The third kappa shape index (κ3) is 6.60. The van der Waals surface area contributed by atoms with Crippen molar-refractivity contribution in [3.8, 4) is 0 Å². The van der Waals surface area contributed by atoms with Crippen LogP contribution in [0.15, 0.2) is 0 Å². The van der Waals surface area contributed by atoms with Crippen molar-refractivity contribution >= 4 is 15.9 Å². The number of hydrogen-bond donors (Lipinski definition) is 0. The molecule has 0 spiro atoms. The number of hydrogen-bond acceptors (Lipinski definition) is 0. The Morgan fingerprint density at radius 3 is 1.87 bits per heavy atom. The fraction of sp³-hybridized carbons (Fsp3) is 1.00. The van der Waals surface area contributed by atoms with E-state index in [4.69, 9.17) is 0 Å². The van der Waals surface area contributed by atoms with Crippen LogP contribution in [0.5, 0.6) is 0 Å². The van der Waals surface area contributed by atoms with Crippen molar-refractivity contribution in [3.05, 3.63) is 0 Å². The van der Waals surface area contributed by atoms with Gasteiger partial charge in [0.2, 0.25) is 0 Å². The highest BCUT2D eigenvalue weighted by molar-refractivity contribution is 9.09. The second-order valence-electron chi connectivity index (χ2n) is 6.15. The van der Waals surface area contributed by atoms with Gasteiger partial charge >= 0.3 is 0 Å². The van der Waals surface area contributed by atoms with Crippen LogP contribution in [0.2, 0.25) is 0 Å². The first-order chi connectivity index (χ1) is 6.89. The minimum Gasteiger partial charge on any atom is -0.0922 e. The van der Waals surface area contributed by atoms with Gasteiger partial charge in [0.1, 0.15) is 0 Å². The van der Waals surface area contributed by atoms with Gasteiger partial charge in [-0.1, -0.05) is 63.4 Å². The van der Waals surface area contributed by atoms with Gasteiger partial charge in [0.15, 0.2) is 0 Å². The molecule has 1 heteroatoms. The van der Waals surface area contributed by atoms with E-state index in [-0.39, 0.29) is 0 Å². The second kappa shape index (κ2) is 6.93. The summed E-state index contributed by atoms with van der Waals surface area (Å²) in [4.78, 5) is 0. The summed E-state index contributed by atoms with van der Waals surface area (Å²) < 4.78 is 0. The lowest BCUT2D eigenvalue weighted by molar-refractivity contribution is 0.213. The van der Waals surface area contributed by atoms with Crippen molar-refractivity contribution in [2.75, 3.05) is 5.33 Å². The van der Waals surface area contributed by atoms with Crippen LogP contribution in [0, 0.1) is 10.8 Å². The smallest absolute Gasteiger partial charge is 0.00878 e. The van der Waals surface area contributed by atoms with E-state index in [2.05, 4.69) is 50.5 Å². The number of halogens is 1. The predicted molar refractivity (Wildman–Crippen MR) is 74.7 cm³/mol. The van der Waals surface area contributed by atoms with Crippen molar-refractivity contribution in [1.29, 1.82) is 0 Å². The summed E-state index contributed by atoms with van der Waals surface area (Å²) in [5.41, 5.74) is 1.04. The van der Waals surface area contributed by atoms with Gasteiger partial charge in [-0.3, -0.25) is 0 Å². The van der Waals surface area contributed by atoms with Crippen LogP contribution in [0.4, 0.5) is 0 Å². The zero-order valence-corrected chi connectivity index (χ0v) is 12.9. The highest BCUT2D eigenvalue weighted by Gasteiger charge is 2.27. The molecule has 0 aliphatic heterocycles. The third-order valence-electron chi connectivity index (χ3n) is 3.50. The Labute approximate surface area is 105 Å². The van der Waals surface area contributed by atoms with Gasteiger partial charge in [0.25, 0.3) is 0 Å². The van der Waals surface area contributed by atoms with Crippen molar-refractivity contribution in [3.63, 3.8) is 0 Å². The Balaban J connectivity index is 4.23. The maximum atomic E-state index is 3.73. The SMILES string of the molecule is CCCCC(CC)(CBr)CCC(C)(C)C. The normalized spacial score (nSPS) is 16.4. The van der Waals surface area contributed by atoms with Crippen LogP contribution in [-0.4, -0.2) is 5.33 Å². The summed E-state index contributed by atoms with van der Waals surface area (Å²) in [6, 6.07) is 0. The monoisotopic (exact) mass is 276 g/mol. The van der Waals surface area contributed by atoms with Gasteiger partial charge in [0, 0.05) is 5.33 Å². The lowest BCUT2D eigenvalue weighted by Gasteiger charge is -2.34. The topological polar surface area (TPSA) is 0 Å². The van der Waals surface area contributed by atoms with Gasteiger partial charge in [0.05, 0.1) is 0 Å². The number of alkyl halides is 1. The molecule has 15 heavy (non-hydrogen) atoms. The summed E-state index contributed by atoms with van der Waals surface area (Å²) in [5.74, 6) is 0. The van der Waals surface area contributed by atoms with Crippen molar-refractivity contribution in [2.45, 2.75) is 73.1 Å². The average Bonchev–Trinajstić information content (AvgIpc) is 2.18. The Morgan fingerprint density at radius 1 is 0.933 bits per heavy atom. The summed E-state index contributed by atoms with van der Waals surface area (Å²) in [6.45, 7) is 11.7. The van der Waals surface area contributed by atoms with Gasteiger partial charge in [-0.15, -0.1) is 0 Å². The maximum Gasteiger partial charge on any atom is 0.00878 e. The molecule has 92 valence electrons. The third-order valence-corrected chi connectivity index (χ3v) is 4.69. The Hall–Kier alpha value is 0.480. The molecule has 0 aliphatic carbocycles. The quantitative estimate of drug-likeness (QED) is 0.516. The molecule has 0 aromatic heterocycles. The fourth-order valence-corrected chi connectivity index (χ4v) is 2.86. The molecule has 0 amide bonds. The molecule has 0 aromatic rings. The van der Waals surface area contributed by atoms with Crippen LogP contribution in [0.25, 0.3) is 0 Å². The molecule has 0 heterocycles. The first-order valence-electron chi connectivity index (χ1n) is 6.45. The van der Waals surface area contributed by atoms with Crippen LogP contribution < -0.4 is 0 Å². The Morgan fingerprint density at radius 2 is 1.53 bits per heavy atom. The predicted octanol–water partition coefficient (Wildman–Crippen LogP) is 5.79. The molecule has 0 rings (SSSR count). The first kappa shape index (κ1) is 15.5. The summed E-state index contributed by atoms with van der Waals surface area (Å²) in [7, 11) is 0. The molecule has 0 saturated heterocycles. The largest absolute Gasteiger partial charge is 0.0922 e. The molecule has 1 atom stereocenters. The van der Waals surface area contributed by atoms with Crippen LogP contribution in [0.3, 0.4) is 0 Å². The van der Waals surface area contributed by atoms with Crippen LogP contribution >= 0.6 is 15.9 Å². The van der Waals surface area contributed by atoms with Gasteiger partial charge in [-0.2, -0.15) is 0 Å². The fourth-order valence-electron chi connectivity index (χ4n) is 1.90. The first-order valence-corrected chi connectivity index (χ1v) is 7.57. The minimum absolute atomic E-state index is 0.481. The zero-order valence-electron chi connectivity index (χ0n) is 11.3. The maximum absolute atomic E-state index is 3.73. The molecule has 0 radical (unpaired) electrons. The molecular weight excluding hydrogens is 248 g/mol. The van der Waals surface area contributed by atoms with E-state index in [1.807, 2.05) is 0 Å². The van der Waals surface area contributed by atoms with Gasteiger partial charge in [-0.25, -0.2) is 0 Å². The standard InChI is InChI=1S/C14H29Br/c1-6-8-9-14(7-2,12-15)11-10-13(3,4)5/h6-12H2,1-5H3. The summed E-state index contributed by atoms with van der Waals surface area (Å²) in [6.07, 6.45) is 8.12. The highest BCUT2D eigenvalue weighted by Crippen LogP contribution is 2.39. The summed E-state index contributed by atoms with van der Waals surface area (Å²) >= 11 is 3.73. The van der Waals surface area contributed by atoms with Gasteiger partial charge in [-0.05, 0) is 36.5 Å². The molecule has 0 aliphatic rings. The van der Waals surface area contributed by atoms with E-state index in [0.717, 1.165) is 0 Å². The van der Waals surface area contributed by atoms with E-state index in [9.17, 15) is 0 Å². The molecule has 0 saturated carbocycles. The molecule has 0 bridgehead atoms.